The molecular weight excluding hydrogens is 296 g/mol. The molecule has 0 aliphatic heterocycles. The van der Waals surface area contributed by atoms with E-state index in [4.69, 9.17) is 5.73 Å². The number of hydrogen-bond acceptors (Lipinski definition) is 3. The molecule has 0 radical (unpaired) electrons. The number of amides is 1. The SMILES string of the molecule is CCn1ncc(N)c1C(=O)Nc1cccc(Br)c1. The lowest BCUT2D eigenvalue weighted by Gasteiger charge is -2.07. The normalized spacial score (nSPS) is 10.3. The van der Waals surface area contributed by atoms with Crippen LogP contribution in [0, 0.1) is 0 Å². The molecule has 0 saturated carbocycles. The smallest absolute Gasteiger partial charge is 0.276 e. The number of nitrogen functional groups attached to an aromatic ring is 1. The molecule has 0 atom stereocenters. The van der Waals surface area contributed by atoms with E-state index in [9.17, 15) is 4.79 Å². The number of nitrogens with two attached hydrogens (primary N) is 1. The van der Waals surface area contributed by atoms with E-state index in [-0.39, 0.29) is 5.91 Å². The van der Waals surface area contributed by atoms with E-state index in [2.05, 4.69) is 26.3 Å². The lowest BCUT2D eigenvalue weighted by molar-refractivity contribution is 0.101. The Morgan fingerprint density at radius 3 is 3.00 bits per heavy atom. The monoisotopic (exact) mass is 308 g/mol. The van der Waals surface area contributed by atoms with E-state index < -0.39 is 0 Å². The van der Waals surface area contributed by atoms with Crippen molar-refractivity contribution in [3.05, 3.63) is 40.6 Å². The summed E-state index contributed by atoms with van der Waals surface area (Å²) in [6, 6.07) is 7.37. The molecule has 1 aromatic heterocycles. The van der Waals surface area contributed by atoms with E-state index >= 15 is 0 Å². The molecule has 0 bridgehead atoms. The first kappa shape index (κ1) is 12.6. The number of carbonyl (C=O) groups is 1. The first-order valence-corrected chi connectivity index (χ1v) is 6.29. The highest BCUT2D eigenvalue weighted by molar-refractivity contribution is 9.10. The number of aromatic nitrogens is 2. The Morgan fingerprint density at radius 1 is 1.56 bits per heavy atom. The first-order valence-electron chi connectivity index (χ1n) is 5.50. The second-order valence-electron chi connectivity index (χ2n) is 3.73. The summed E-state index contributed by atoms with van der Waals surface area (Å²) in [6.07, 6.45) is 1.49. The Balaban J connectivity index is 2.24. The number of hydrogen-bond donors (Lipinski definition) is 2. The van der Waals surface area contributed by atoms with Gasteiger partial charge >= 0.3 is 0 Å². The van der Waals surface area contributed by atoms with Gasteiger partial charge in [0.25, 0.3) is 5.91 Å². The highest BCUT2D eigenvalue weighted by Crippen LogP contribution is 2.18. The summed E-state index contributed by atoms with van der Waals surface area (Å²) in [6.45, 7) is 2.50. The van der Waals surface area contributed by atoms with Crippen molar-refractivity contribution in [3.8, 4) is 0 Å². The van der Waals surface area contributed by atoms with Crippen LogP contribution >= 0.6 is 15.9 Å². The van der Waals surface area contributed by atoms with Crippen LogP contribution < -0.4 is 11.1 Å². The number of aryl methyl sites for hydroxylation is 1. The third-order valence-corrected chi connectivity index (χ3v) is 2.96. The predicted octanol–water partition coefficient (Wildman–Crippen LogP) is 2.50. The number of nitrogens with one attached hydrogen (secondary N) is 1. The molecule has 0 spiro atoms. The summed E-state index contributed by atoms with van der Waals surface area (Å²) >= 11 is 3.35. The van der Waals surface area contributed by atoms with Crippen LogP contribution in [-0.2, 0) is 6.54 Å². The molecule has 1 amide bonds. The quantitative estimate of drug-likeness (QED) is 0.915. The molecule has 1 heterocycles. The largest absolute Gasteiger partial charge is 0.396 e. The van der Waals surface area contributed by atoms with Crippen LogP contribution in [0.1, 0.15) is 17.4 Å². The molecule has 18 heavy (non-hydrogen) atoms. The van der Waals surface area contributed by atoms with Gasteiger partial charge in [0.15, 0.2) is 0 Å². The summed E-state index contributed by atoms with van der Waals surface area (Å²) < 4.78 is 2.47. The third-order valence-electron chi connectivity index (χ3n) is 2.46. The molecule has 0 fully saturated rings. The van der Waals surface area contributed by atoms with Crippen molar-refractivity contribution in [2.45, 2.75) is 13.5 Å². The van der Waals surface area contributed by atoms with Crippen LogP contribution in [0.15, 0.2) is 34.9 Å². The van der Waals surface area contributed by atoms with Crippen LogP contribution in [0.2, 0.25) is 0 Å². The van der Waals surface area contributed by atoms with Gasteiger partial charge < -0.3 is 11.1 Å². The molecule has 94 valence electrons. The van der Waals surface area contributed by atoms with Crippen molar-refractivity contribution in [3.63, 3.8) is 0 Å². The van der Waals surface area contributed by atoms with Gasteiger partial charge in [-0.1, -0.05) is 22.0 Å². The van der Waals surface area contributed by atoms with Gasteiger partial charge in [-0.2, -0.15) is 5.10 Å². The molecule has 6 heteroatoms. The Labute approximate surface area is 113 Å². The van der Waals surface area contributed by atoms with Crippen molar-refractivity contribution >= 4 is 33.2 Å². The maximum absolute atomic E-state index is 12.1. The molecule has 2 aromatic rings. The van der Waals surface area contributed by atoms with E-state index in [0.29, 0.717) is 23.6 Å². The van der Waals surface area contributed by atoms with E-state index in [0.717, 1.165) is 4.47 Å². The third kappa shape index (κ3) is 2.53. The van der Waals surface area contributed by atoms with Gasteiger partial charge in [-0.25, -0.2) is 0 Å². The Kier molecular flexibility index (Phi) is 3.66. The van der Waals surface area contributed by atoms with Crippen molar-refractivity contribution in [1.29, 1.82) is 0 Å². The van der Waals surface area contributed by atoms with Crippen molar-refractivity contribution in [2.75, 3.05) is 11.1 Å². The second-order valence-corrected chi connectivity index (χ2v) is 4.64. The maximum Gasteiger partial charge on any atom is 0.276 e. The van der Waals surface area contributed by atoms with Crippen LogP contribution in [0.5, 0.6) is 0 Å². The minimum atomic E-state index is -0.259. The number of benzene rings is 1. The van der Waals surface area contributed by atoms with E-state index in [1.807, 2.05) is 31.2 Å². The van der Waals surface area contributed by atoms with Gasteiger partial charge in [-0.15, -0.1) is 0 Å². The average molecular weight is 309 g/mol. The highest BCUT2D eigenvalue weighted by Gasteiger charge is 2.16. The lowest BCUT2D eigenvalue weighted by atomic mass is 10.3. The summed E-state index contributed by atoms with van der Waals surface area (Å²) in [7, 11) is 0. The average Bonchev–Trinajstić information content (AvgIpc) is 2.70. The first-order chi connectivity index (χ1) is 8.61. The fourth-order valence-electron chi connectivity index (χ4n) is 1.64. The summed E-state index contributed by atoms with van der Waals surface area (Å²) in [4.78, 5) is 12.1. The minimum Gasteiger partial charge on any atom is -0.396 e. The van der Waals surface area contributed by atoms with Crippen molar-refractivity contribution < 1.29 is 4.79 Å². The number of carbonyl (C=O) groups excluding carboxylic acids is 1. The maximum atomic E-state index is 12.1. The molecule has 0 aliphatic carbocycles. The fourth-order valence-corrected chi connectivity index (χ4v) is 2.04. The highest BCUT2D eigenvalue weighted by atomic mass is 79.9. The molecule has 2 rings (SSSR count). The number of halogens is 1. The van der Waals surface area contributed by atoms with Crippen LogP contribution in [0.3, 0.4) is 0 Å². The Morgan fingerprint density at radius 2 is 2.33 bits per heavy atom. The molecule has 0 saturated heterocycles. The zero-order valence-electron chi connectivity index (χ0n) is 9.85. The molecular formula is C12H13BrN4O. The number of anilines is 2. The summed E-state index contributed by atoms with van der Waals surface area (Å²) in [5.41, 5.74) is 7.22. The zero-order valence-corrected chi connectivity index (χ0v) is 11.4. The molecule has 3 N–H and O–H groups in total. The lowest BCUT2D eigenvalue weighted by Crippen LogP contribution is -2.18. The van der Waals surface area contributed by atoms with E-state index in [1.54, 1.807) is 4.68 Å². The van der Waals surface area contributed by atoms with Crippen LogP contribution in [-0.4, -0.2) is 15.7 Å². The van der Waals surface area contributed by atoms with Gasteiger partial charge in [0.1, 0.15) is 5.69 Å². The number of rotatable bonds is 3. The summed E-state index contributed by atoms with van der Waals surface area (Å²) in [5, 5.41) is 6.83. The Bertz CT molecular complexity index is 579. The van der Waals surface area contributed by atoms with Gasteiger partial charge in [-0.05, 0) is 25.1 Å². The molecule has 0 aliphatic rings. The van der Waals surface area contributed by atoms with Crippen LogP contribution in [0.4, 0.5) is 11.4 Å². The fraction of sp³-hybridized carbons (Fsp3) is 0.167. The summed E-state index contributed by atoms with van der Waals surface area (Å²) in [5.74, 6) is -0.259. The van der Waals surface area contributed by atoms with Crippen LogP contribution in [0.25, 0.3) is 0 Å². The number of nitrogens with zero attached hydrogens (tertiary/aromatic N) is 2. The molecule has 0 unspecified atom stereocenters. The van der Waals surface area contributed by atoms with Gasteiger partial charge in [0.05, 0.1) is 11.9 Å². The second kappa shape index (κ2) is 5.22. The predicted molar refractivity (Wildman–Crippen MR) is 74.4 cm³/mol. The minimum absolute atomic E-state index is 0.259. The van der Waals surface area contributed by atoms with Crippen molar-refractivity contribution in [1.82, 2.24) is 9.78 Å². The van der Waals surface area contributed by atoms with Gasteiger partial charge in [-0.3, -0.25) is 9.48 Å². The Hall–Kier alpha value is -1.82. The molecule has 1 aromatic carbocycles. The van der Waals surface area contributed by atoms with Crippen molar-refractivity contribution in [2.24, 2.45) is 0 Å². The van der Waals surface area contributed by atoms with Gasteiger partial charge in [0, 0.05) is 16.7 Å². The zero-order chi connectivity index (χ0) is 13.1. The topological polar surface area (TPSA) is 72.9 Å². The standard InChI is InChI=1S/C12H13BrN4O/c1-2-17-11(10(14)7-15-17)12(18)16-9-5-3-4-8(13)6-9/h3-7H,2,14H2,1H3,(H,16,18). The van der Waals surface area contributed by atoms with Gasteiger partial charge in [0.2, 0.25) is 0 Å². The van der Waals surface area contributed by atoms with E-state index in [1.165, 1.54) is 6.20 Å². The molecule has 5 nitrogen and oxygen atoms in total.